The number of fused-ring (bicyclic) bond motifs is 1. The van der Waals surface area contributed by atoms with E-state index in [-0.39, 0.29) is 42.0 Å². The van der Waals surface area contributed by atoms with Crippen LogP contribution in [0.2, 0.25) is 0 Å². The Morgan fingerprint density at radius 2 is 1.83 bits per heavy atom. The van der Waals surface area contributed by atoms with Gasteiger partial charge in [-0.1, -0.05) is 30.3 Å². The number of carboxylic acid groups (broad SMARTS) is 1. The quantitative estimate of drug-likeness (QED) is 0.765. The number of aromatic carboxylic acids is 1. The number of hydrogen-bond donors (Lipinski definition) is 2. The van der Waals surface area contributed by atoms with Gasteiger partial charge in [0, 0.05) is 38.4 Å². The lowest BCUT2D eigenvalue weighted by molar-refractivity contribution is 0.0691. The second-order valence-corrected chi connectivity index (χ2v) is 7.45. The molecular weight excluding hydrogens is 413 g/mol. The number of aromatic nitrogens is 1. The van der Waals surface area contributed by atoms with E-state index in [4.69, 9.17) is 0 Å². The maximum Gasteiger partial charge on any atom is 0.341 e. The highest BCUT2D eigenvalue weighted by Crippen LogP contribution is 2.25. The summed E-state index contributed by atoms with van der Waals surface area (Å²) in [4.78, 5) is 27.0. The number of rotatable bonds is 4. The average molecular weight is 440 g/mol. The van der Waals surface area contributed by atoms with Gasteiger partial charge in [0.1, 0.15) is 5.56 Å². The molecule has 2 aliphatic heterocycles. The van der Waals surface area contributed by atoms with Crippen molar-refractivity contribution in [3.05, 3.63) is 69.1 Å². The summed E-state index contributed by atoms with van der Waals surface area (Å²) < 4.78 is 1.69. The van der Waals surface area contributed by atoms with Crippen molar-refractivity contribution in [2.45, 2.75) is 38.4 Å². The van der Waals surface area contributed by atoms with Crippen LogP contribution >= 0.6 is 24.8 Å². The number of carboxylic acids is 1. The van der Waals surface area contributed by atoms with Gasteiger partial charge in [-0.25, -0.2) is 4.79 Å². The first-order valence-electron chi connectivity index (χ1n) is 9.60. The molecule has 0 atom stereocenters. The van der Waals surface area contributed by atoms with Crippen molar-refractivity contribution in [2.24, 2.45) is 0 Å². The van der Waals surface area contributed by atoms with Crippen molar-refractivity contribution in [1.82, 2.24) is 14.8 Å². The van der Waals surface area contributed by atoms with E-state index in [1.165, 1.54) is 5.56 Å². The lowest BCUT2D eigenvalue weighted by Crippen LogP contribution is -2.40. The van der Waals surface area contributed by atoms with Crippen LogP contribution in [0, 0.1) is 0 Å². The van der Waals surface area contributed by atoms with Gasteiger partial charge in [0.2, 0.25) is 0 Å². The molecule has 1 fully saturated rings. The second-order valence-electron chi connectivity index (χ2n) is 7.45. The van der Waals surface area contributed by atoms with Gasteiger partial charge in [0.25, 0.3) is 5.56 Å². The molecule has 1 saturated heterocycles. The van der Waals surface area contributed by atoms with Gasteiger partial charge >= 0.3 is 5.97 Å². The number of benzene rings is 1. The molecule has 0 spiro atoms. The van der Waals surface area contributed by atoms with Gasteiger partial charge in [-0.05, 0) is 42.5 Å². The third kappa shape index (κ3) is 5.01. The average Bonchev–Trinajstić information content (AvgIpc) is 2.69. The number of nitrogens with one attached hydrogen (secondary N) is 1. The molecule has 3 heterocycles. The van der Waals surface area contributed by atoms with Gasteiger partial charge in [-0.2, -0.15) is 0 Å². The molecule has 1 aromatic heterocycles. The van der Waals surface area contributed by atoms with Gasteiger partial charge < -0.3 is 15.0 Å². The lowest BCUT2D eigenvalue weighted by atomic mass is 9.96. The number of pyridine rings is 1. The highest BCUT2D eigenvalue weighted by Gasteiger charge is 2.27. The van der Waals surface area contributed by atoms with Crippen LogP contribution in [0.1, 0.15) is 45.9 Å². The minimum atomic E-state index is -1.10. The molecule has 2 N–H and O–H groups in total. The fourth-order valence-corrected chi connectivity index (χ4v) is 4.29. The van der Waals surface area contributed by atoms with Crippen molar-refractivity contribution in [3.63, 3.8) is 0 Å². The maximum atomic E-state index is 12.9. The third-order valence-electron chi connectivity index (χ3n) is 5.71. The normalized spacial score (nSPS) is 17.0. The van der Waals surface area contributed by atoms with E-state index in [0.29, 0.717) is 25.1 Å². The highest BCUT2D eigenvalue weighted by molar-refractivity contribution is 5.89. The summed E-state index contributed by atoms with van der Waals surface area (Å²) in [6, 6.07) is 10.5. The Bertz CT molecular complexity index is 894. The molecule has 0 amide bonds. The van der Waals surface area contributed by atoms with Crippen LogP contribution in [0.25, 0.3) is 0 Å². The van der Waals surface area contributed by atoms with Gasteiger partial charge in [0.05, 0.1) is 0 Å². The molecule has 8 heteroatoms. The van der Waals surface area contributed by atoms with Crippen LogP contribution in [-0.4, -0.2) is 40.2 Å². The van der Waals surface area contributed by atoms with Gasteiger partial charge in [-0.15, -0.1) is 24.8 Å². The van der Waals surface area contributed by atoms with Crippen molar-refractivity contribution >= 4 is 30.8 Å². The highest BCUT2D eigenvalue weighted by atomic mass is 35.5. The maximum absolute atomic E-state index is 12.9. The molecule has 158 valence electrons. The van der Waals surface area contributed by atoms with E-state index >= 15 is 0 Å². The molecule has 0 bridgehead atoms. The smallest absolute Gasteiger partial charge is 0.341 e. The molecule has 1 aromatic carbocycles. The summed E-state index contributed by atoms with van der Waals surface area (Å²) in [5.41, 5.74) is 2.58. The number of hydrogen-bond acceptors (Lipinski definition) is 4. The van der Waals surface area contributed by atoms with E-state index in [9.17, 15) is 14.7 Å². The Morgan fingerprint density at radius 3 is 2.48 bits per heavy atom. The Hall–Kier alpha value is -1.86. The molecule has 2 aliphatic rings. The second kappa shape index (κ2) is 10.3. The van der Waals surface area contributed by atoms with E-state index < -0.39 is 5.97 Å². The minimum Gasteiger partial charge on any atom is -0.477 e. The van der Waals surface area contributed by atoms with Crippen LogP contribution in [0.3, 0.4) is 0 Å². The predicted molar refractivity (Wildman–Crippen MR) is 118 cm³/mol. The van der Waals surface area contributed by atoms with Crippen LogP contribution in [-0.2, 0) is 19.5 Å². The number of piperidine rings is 1. The molecule has 0 radical (unpaired) electrons. The molecule has 29 heavy (non-hydrogen) atoms. The van der Waals surface area contributed by atoms with Crippen LogP contribution in [0.15, 0.2) is 41.3 Å². The van der Waals surface area contributed by atoms with Gasteiger partial charge in [0.15, 0.2) is 0 Å². The van der Waals surface area contributed by atoms with Gasteiger partial charge in [-0.3, -0.25) is 9.69 Å². The summed E-state index contributed by atoms with van der Waals surface area (Å²) in [7, 11) is 0. The van der Waals surface area contributed by atoms with E-state index in [0.717, 1.165) is 38.0 Å². The Labute approximate surface area is 182 Å². The summed E-state index contributed by atoms with van der Waals surface area (Å²) in [5, 5.41) is 12.9. The Balaban J connectivity index is 0.00000150. The predicted octanol–water partition coefficient (Wildman–Crippen LogP) is 2.87. The van der Waals surface area contributed by atoms with Crippen LogP contribution in [0.4, 0.5) is 0 Å². The SMILES string of the molecule is Cl.Cl.O=C(O)c1c2c(cn(C3CCN(Cc4ccccc4)CC3)c1=O)CNCC2. The number of halogens is 2. The first-order valence-corrected chi connectivity index (χ1v) is 9.60. The minimum absolute atomic E-state index is 0. The van der Waals surface area contributed by atoms with Crippen molar-refractivity contribution in [2.75, 3.05) is 19.6 Å². The monoisotopic (exact) mass is 439 g/mol. The van der Waals surface area contributed by atoms with Crippen molar-refractivity contribution in [1.29, 1.82) is 0 Å². The molecule has 2 aromatic rings. The van der Waals surface area contributed by atoms with Crippen LogP contribution in [0.5, 0.6) is 0 Å². The largest absolute Gasteiger partial charge is 0.477 e. The standard InChI is InChI=1S/C21H25N3O3.2ClH/c25-20-19(21(26)27)18-6-9-22-12-16(18)14-24(20)17-7-10-23(11-8-17)13-15-4-2-1-3-5-15;;/h1-5,14,17,22H,6-13H2,(H,26,27);2*1H. The summed E-state index contributed by atoms with van der Waals surface area (Å²) >= 11 is 0. The lowest BCUT2D eigenvalue weighted by Gasteiger charge is -2.33. The van der Waals surface area contributed by atoms with E-state index in [2.05, 4.69) is 34.5 Å². The molecule has 6 nitrogen and oxygen atoms in total. The topological polar surface area (TPSA) is 74.6 Å². The van der Waals surface area contributed by atoms with E-state index in [1.54, 1.807) is 4.57 Å². The molecule has 0 saturated carbocycles. The van der Waals surface area contributed by atoms with E-state index in [1.807, 2.05) is 12.3 Å². The summed E-state index contributed by atoms with van der Waals surface area (Å²) in [5.74, 6) is -1.10. The number of nitrogens with zero attached hydrogens (tertiary/aromatic N) is 2. The molecule has 4 rings (SSSR count). The fraction of sp³-hybridized carbons (Fsp3) is 0.429. The van der Waals surface area contributed by atoms with Crippen LogP contribution < -0.4 is 10.9 Å². The first kappa shape index (κ1) is 23.4. The summed E-state index contributed by atoms with van der Waals surface area (Å²) in [6.45, 7) is 4.07. The summed E-state index contributed by atoms with van der Waals surface area (Å²) in [6.07, 6.45) is 4.21. The zero-order valence-electron chi connectivity index (χ0n) is 16.2. The molecule has 0 aliphatic carbocycles. The third-order valence-corrected chi connectivity index (χ3v) is 5.71. The number of likely N-dealkylation sites (tertiary alicyclic amines) is 1. The zero-order valence-corrected chi connectivity index (χ0v) is 17.8. The zero-order chi connectivity index (χ0) is 18.8. The Kier molecular flexibility index (Phi) is 8.28. The fourth-order valence-electron chi connectivity index (χ4n) is 4.29. The number of carbonyl (C=O) groups is 1. The van der Waals surface area contributed by atoms with Crippen molar-refractivity contribution < 1.29 is 9.90 Å². The molecular formula is C21H27Cl2N3O3. The first-order chi connectivity index (χ1) is 13.1. The molecule has 0 unspecified atom stereocenters. The van der Waals surface area contributed by atoms with Crippen molar-refractivity contribution in [3.8, 4) is 0 Å². The Morgan fingerprint density at radius 1 is 1.14 bits per heavy atom.